The Morgan fingerprint density at radius 3 is 2.47 bits per heavy atom. The Bertz CT molecular complexity index is 1230. The van der Waals surface area contributed by atoms with Crippen LogP contribution in [0.3, 0.4) is 0 Å². The second-order valence-corrected chi connectivity index (χ2v) is 8.87. The van der Waals surface area contributed by atoms with Crippen LogP contribution in [0.5, 0.6) is 0 Å². The van der Waals surface area contributed by atoms with E-state index in [0.29, 0.717) is 28.4 Å². The number of nitrogens with zero attached hydrogens (tertiary/aromatic N) is 2. The molecule has 0 atom stereocenters. The Kier molecular flexibility index (Phi) is 6.37. The second-order valence-electron chi connectivity index (χ2n) is 6.80. The monoisotopic (exact) mass is 445 g/mol. The van der Waals surface area contributed by atoms with Crippen LogP contribution in [-0.4, -0.2) is 29.1 Å². The molecular weight excluding hydrogens is 422 g/mol. The smallest absolute Gasteiger partial charge is 0.261 e. The molecule has 0 saturated carbocycles. The first kappa shape index (κ1) is 21.7. The molecule has 0 fully saturated rings. The molecule has 30 heavy (non-hydrogen) atoms. The van der Waals surface area contributed by atoms with Gasteiger partial charge in [0.1, 0.15) is 0 Å². The van der Waals surface area contributed by atoms with E-state index in [-0.39, 0.29) is 17.3 Å². The number of hydrogen-bond acceptors (Lipinski definition) is 5. The van der Waals surface area contributed by atoms with E-state index >= 15 is 0 Å². The normalized spacial score (nSPS) is 11.3. The molecule has 0 radical (unpaired) electrons. The minimum atomic E-state index is -3.76. The first-order chi connectivity index (χ1) is 14.2. The highest BCUT2D eigenvalue weighted by Gasteiger charge is 2.16. The molecule has 0 bridgehead atoms. The summed E-state index contributed by atoms with van der Waals surface area (Å²) in [5.41, 5.74) is 2.91. The van der Waals surface area contributed by atoms with Gasteiger partial charge in [0.2, 0.25) is 0 Å². The molecule has 3 aromatic rings. The average molecular weight is 446 g/mol. The van der Waals surface area contributed by atoms with Gasteiger partial charge in [-0.2, -0.15) is 5.10 Å². The fourth-order valence-electron chi connectivity index (χ4n) is 2.88. The Hall–Kier alpha value is -2.98. The molecule has 8 nitrogen and oxygen atoms in total. The fourth-order valence-corrected chi connectivity index (χ4v) is 4.21. The number of aromatic nitrogens is 3. The Morgan fingerprint density at radius 1 is 1.13 bits per heavy atom. The fraction of sp³-hybridized carbons (Fsp3) is 0.250. The first-order valence-electron chi connectivity index (χ1n) is 9.33. The number of carbonyl (C=O) groups is 1. The number of hydrogen-bond donors (Lipinski definition) is 3. The van der Waals surface area contributed by atoms with Crippen molar-refractivity contribution in [3.05, 3.63) is 69.8 Å². The number of carbonyl (C=O) groups excluding carboxylic acids is 1. The van der Waals surface area contributed by atoms with Crippen molar-refractivity contribution < 1.29 is 13.2 Å². The molecule has 3 rings (SSSR count). The van der Waals surface area contributed by atoms with Gasteiger partial charge in [-0.1, -0.05) is 6.07 Å². The zero-order chi connectivity index (χ0) is 21.9. The van der Waals surface area contributed by atoms with Crippen molar-refractivity contribution in [2.75, 3.05) is 4.72 Å². The zero-order valence-electron chi connectivity index (χ0n) is 16.9. The standard InChI is InChI=1S/C20H23N5O3S2/c1-4-25-18(22-23-20(25)29)12-21-19(26)15-6-9-17(10-7-15)30(27,28)24-16-8-5-13(2)14(3)11-16/h5-11,24H,4,12H2,1-3H3,(H,21,26)(H,23,29). The Balaban J connectivity index is 1.69. The number of aryl methyl sites for hydroxylation is 2. The van der Waals surface area contributed by atoms with Gasteiger partial charge >= 0.3 is 0 Å². The van der Waals surface area contributed by atoms with Crippen LogP contribution in [0, 0.1) is 18.6 Å². The molecule has 0 unspecified atom stereocenters. The lowest BCUT2D eigenvalue weighted by atomic mass is 10.1. The van der Waals surface area contributed by atoms with E-state index in [4.69, 9.17) is 12.2 Å². The summed E-state index contributed by atoms with van der Waals surface area (Å²) in [4.78, 5) is 12.5. The van der Waals surface area contributed by atoms with Crippen molar-refractivity contribution in [1.29, 1.82) is 0 Å². The van der Waals surface area contributed by atoms with Crippen LogP contribution in [0.15, 0.2) is 47.4 Å². The highest BCUT2D eigenvalue weighted by atomic mass is 32.2. The highest BCUT2D eigenvalue weighted by Crippen LogP contribution is 2.19. The molecule has 0 aliphatic heterocycles. The second kappa shape index (κ2) is 8.80. The van der Waals surface area contributed by atoms with Gasteiger partial charge in [-0.25, -0.2) is 8.42 Å². The highest BCUT2D eigenvalue weighted by molar-refractivity contribution is 7.92. The number of amides is 1. The van der Waals surface area contributed by atoms with Crippen molar-refractivity contribution >= 4 is 33.8 Å². The van der Waals surface area contributed by atoms with Gasteiger partial charge in [0.25, 0.3) is 15.9 Å². The maximum Gasteiger partial charge on any atom is 0.261 e. The number of benzene rings is 2. The molecular formula is C20H23N5O3S2. The number of nitrogens with one attached hydrogen (secondary N) is 3. The van der Waals surface area contributed by atoms with Crippen LogP contribution in [0.1, 0.15) is 34.2 Å². The SMILES string of the molecule is CCn1c(CNC(=O)c2ccc(S(=O)(=O)Nc3ccc(C)c(C)c3)cc2)n[nH]c1=S. The van der Waals surface area contributed by atoms with Gasteiger partial charge in [-0.3, -0.25) is 14.6 Å². The molecule has 0 spiro atoms. The summed E-state index contributed by atoms with van der Waals surface area (Å²) >= 11 is 5.12. The number of sulfonamides is 1. The predicted molar refractivity (Wildman–Crippen MR) is 117 cm³/mol. The van der Waals surface area contributed by atoms with Crippen molar-refractivity contribution in [3.8, 4) is 0 Å². The van der Waals surface area contributed by atoms with Gasteiger partial charge in [0, 0.05) is 17.8 Å². The van der Waals surface area contributed by atoms with E-state index in [1.54, 1.807) is 16.7 Å². The minimum Gasteiger partial charge on any atom is -0.345 e. The molecule has 0 aliphatic carbocycles. The Labute approximate surface area is 180 Å². The van der Waals surface area contributed by atoms with Crippen LogP contribution < -0.4 is 10.0 Å². The summed E-state index contributed by atoms with van der Waals surface area (Å²) in [6.45, 7) is 6.65. The van der Waals surface area contributed by atoms with E-state index in [1.807, 2.05) is 26.8 Å². The lowest BCUT2D eigenvalue weighted by Crippen LogP contribution is -2.25. The third kappa shape index (κ3) is 4.77. The van der Waals surface area contributed by atoms with Crippen LogP contribution in [-0.2, 0) is 23.1 Å². The van der Waals surface area contributed by atoms with Gasteiger partial charge in [0.05, 0.1) is 11.4 Å². The maximum absolute atomic E-state index is 12.6. The summed E-state index contributed by atoms with van der Waals surface area (Å²) in [5.74, 6) is 0.283. The number of aromatic amines is 1. The van der Waals surface area contributed by atoms with Crippen molar-refractivity contribution in [3.63, 3.8) is 0 Å². The summed E-state index contributed by atoms with van der Waals surface area (Å²) in [6, 6.07) is 11.1. The van der Waals surface area contributed by atoms with Crippen molar-refractivity contribution in [2.24, 2.45) is 0 Å². The summed E-state index contributed by atoms with van der Waals surface area (Å²) in [7, 11) is -3.76. The van der Waals surface area contributed by atoms with Crippen molar-refractivity contribution in [1.82, 2.24) is 20.1 Å². The number of rotatable bonds is 7. The maximum atomic E-state index is 12.6. The van der Waals surface area contributed by atoms with Gasteiger partial charge in [-0.15, -0.1) is 0 Å². The van der Waals surface area contributed by atoms with Crippen LogP contribution >= 0.6 is 12.2 Å². The first-order valence-corrected chi connectivity index (χ1v) is 11.2. The van der Waals surface area contributed by atoms with E-state index in [0.717, 1.165) is 11.1 Å². The largest absolute Gasteiger partial charge is 0.345 e. The quantitative estimate of drug-likeness (QED) is 0.484. The van der Waals surface area contributed by atoms with E-state index in [9.17, 15) is 13.2 Å². The van der Waals surface area contributed by atoms with E-state index in [2.05, 4.69) is 20.2 Å². The molecule has 1 amide bonds. The minimum absolute atomic E-state index is 0.0733. The lowest BCUT2D eigenvalue weighted by molar-refractivity contribution is 0.0949. The van der Waals surface area contributed by atoms with Crippen LogP contribution in [0.25, 0.3) is 0 Å². The lowest BCUT2D eigenvalue weighted by Gasteiger charge is -2.11. The van der Waals surface area contributed by atoms with Crippen LogP contribution in [0.2, 0.25) is 0 Å². The topological polar surface area (TPSA) is 109 Å². The third-order valence-corrected chi connectivity index (χ3v) is 6.46. The van der Waals surface area contributed by atoms with Crippen molar-refractivity contribution in [2.45, 2.75) is 38.8 Å². The van der Waals surface area contributed by atoms with Crippen LogP contribution in [0.4, 0.5) is 5.69 Å². The molecule has 3 N–H and O–H groups in total. The number of anilines is 1. The predicted octanol–water partition coefficient (Wildman–Crippen LogP) is 3.31. The van der Waals surface area contributed by atoms with E-state index < -0.39 is 10.0 Å². The van der Waals surface area contributed by atoms with Gasteiger partial charge in [-0.05, 0) is 80.5 Å². The zero-order valence-corrected chi connectivity index (χ0v) is 18.5. The summed E-state index contributed by atoms with van der Waals surface area (Å²) in [5, 5.41) is 9.55. The summed E-state index contributed by atoms with van der Waals surface area (Å²) in [6.07, 6.45) is 0. The molecule has 158 valence electrons. The number of H-pyrrole nitrogens is 1. The Morgan fingerprint density at radius 2 is 1.83 bits per heavy atom. The molecule has 2 aromatic carbocycles. The molecule has 1 aromatic heterocycles. The molecule has 0 aliphatic rings. The summed E-state index contributed by atoms with van der Waals surface area (Å²) < 4.78 is 30.1. The van der Waals surface area contributed by atoms with Gasteiger partial charge < -0.3 is 9.88 Å². The van der Waals surface area contributed by atoms with Gasteiger partial charge in [0.15, 0.2) is 10.6 Å². The average Bonchev–Trinajstić information content (AvgIpc) is 3.08. The molecule has 10 heteroatoms. The third-order valence-electron chi connectivity index (χ3n) is 4.75. The molecule has 0 saturated heterocycles. The molecule has 1 heterocycles. The van der Waals surface area contributed by atoms with E-state index in [1.165, 1.54) is 24.3 Å².